The van der Waals surface area contributed by atoms with Crippen molar-refractivity contribution >= 4 is 17.9 Å². The zero-order chi connectivity index (χ0) is 54.3. The second-order valence-electron chi connectivity index (χ2n) is 21.3. The highest BCUT2D eigenvalue weighted by atomic mass is 16.6. The van der Waals surface area contributed by atoms with Crippen molar-refractivity contribution in [3.63, 3.8) is 0 Å². The Morgan fingerprint density at radius 1 is 0.280 bits per heavy atom. The Morgan fingerprint density at radius 3 is 0.880 bits per heavy atom. The summed E-state index contributed by atoms with van der Waals surface area (Å²) < 4.78 is 16.9. The van der Waals surface area contributed by atoms with Crippen LogP contribution < -0.4 is 0 Å². The van der Waals surface area contributed by atoms with Crippen LogP contribution in [0.2, 0.25) is 0 Å². The Labute approximate surface area is 465 Å². The van der Waals surface area contributed by atoms with Gasteiger partial charge in [-0.05, 0) is 116 Å². The molecule has 0 heterocycles. The first-order valence-electron chi connectivity index (χ1n) is 32.1. The number of rotatable bonds is 58. The van der Waals surface area contributed by atoms with Crippen molar-refractivity contribution < 1.29 is 28.6 Å². The highest BCUT2D eigenvalue weighted by Crippen LogP contribution is 2.16. The molecule has 6 nitrogen and oxygen atoms in total. The van der Waals surface area contributed by atoms with Gasteiger partial charge < -0.3 is 14.2 Å². The Hall–Kier alpha value is -3.41. The highest BCUT2D eigenvalue weighted by Gasteiger charge is 2.19. The van der Waals surface area contributed by atoms with Gasteiger partial charge in [-0.3, -0.25) is 14.4 Å². The molecule has 75 heavy (non-hydrogen) atoms. The average Bonchev–Trinajstić information content (AvgIpc) is 3.41. The van der Waals surface area contributed by atoms with E-state index in [4.69, 9.17) is 14.2 Å². The summed E-state index contributed by atoms with van der Waals surface area (Å²) in [6, 6.07) is 0. The van der Waals surface area contributed by atoms with Gasteiger partial charge in [-0.25, -0.2) is 0 Å². The maximum absolute atomic E-state index is 12.9. The van der Waals surface area contributed by atoms with Crippen LogP contribution in [0.1, 0.15) is 316 Å². The molecular weight excluding hydrogens is 925 g/mol. The van der Waals surface area contributed by atoms with E-state index in [1.807, 2.05) is 0 Å². The van der Waals surface area contributed by atoms with Crippen LogP contribution in [0.25, 0.3) is 0 Å². The van der Waals surface area contributed by atoms with E-state index in [0.29, 0.717) is 19.3 Å². The van der Waals surface area contributed by atoms with Crippen molar-refractivity contribution in [1.29, 1.82) is 0 Å². The van der Waals surface area contributed by atoms with E-state index < -0.39 is 6.10 Å². The van der Waals surface area contributed by atoms with E-state index in [1.54, 1.807) is 0 Å². The summed E-state index contributed by atoms with van der Waals surface area (Å²) in [5, 5.41) is 0. The third-order valence-corrected chi connectivity index (χ3v) is 13.9. The molecule has 0 saturated carbocycles. The topological polar surface area (TPSA) is 78.9 Å². The number of carbonyl (C=O) groups is 3. The Bertz CT molecular complexity index is 1430. The normalized spacial score (nSPS) is 12.6. The highest BCUT2D eigenvalue weighted by molar-refractivity contribution is 5.71. The van der Waals surface area contributed by atoms with Crippen LogP contribution in [-0.2, 0) is 28.6 Å². The van der Waals surface area contributed by atoms with E-state index >= 15 is 0 Å². The van der Waals surface area contributed by atoms with Crippen LogP contribution in [0.5, 0.6) is 0 Å². The number of hydrogen-bond acceptors (Lipinski definition) is 6. The lowest BCUT2D eigenvalue weighted by atomic mass is 10.0. The van der Waals surface area contributed by atoms with Crippen molar-refractivity contribution in [2.45, 2.75) is 322 Å². The predicted molar refractivity (Wildman–Crippen MR) is 325 cm³/mol. The lowest BCUT2D eigenvalue weighted by Crippen LogP contribution is -2.30. The monoisotopic (exact) mass is 1040 g/mol. The lowest BCUT2D eigenvalue weighted by Gasteiger charge is -2.18. The predicted octanol–water partition coefficient (Wildman–Crippen LogP) is 21.9. The summed E-state index contributed by atoms with van der Waals surface area (Å²) in [6.45, 7) is 6.49. The number of allylic oxidation sites excluding steroid dienone is 14. The van der Waals surface area contributed by atoms with Gasteiger partial charge in [-0.1, -0.05) is 266 Å². The van der Waals surface area contributed by atoms with Crippen molar-refractivity contribution in [2.75, 3.05) is 13.2 Å². The summed E-state index contributed by atoms with van der Waals surface area (Å²) in [4.78, 5) is 38.3. The van der Waals surface area contributed by atoms with Gasteiger partial charge in [0.2, 0.25) is 0 Å². The first-order valence-corrected chi connectivity index (χ1v) is 32.1. The molecule has 1 unspecified atom stereocenters. The zero-order valence-corrected chi connectivity index (χ0v) is 49.6. The minimum Gasteiger partial charge on any atom is -0.462 e. The molecule has 0 aromatic heterocycles. The molecule has 0 radical (unpaired) electrons. The Morgan fingerprint density at radius 2 is 0.520 bits per heavy atom. The van der Waals surface area contributed by atoms with Crippen LogP contribution in [0.4, 0.5) is 0 Å². The zero-order valence-electron chi connectivity index (χ0n) is 49.6. The third-order valence-electron chi connectivity index (χ3n) is 13.9. The van der Waals surface area contributed by atoms with Gasteiger partial charge in [-0.15, -0.1) is 0 Å². The summed E-state index contributed by atoms with van der Waals surface area (Å²) >= 11 is 0. The maximum atomic E-state index is 12.9. The van der Waals surface area contributed by atoms with E-state index in [-0.39, 0.29) is 31.1 Å². The minimum atomic E-state index is -0.798. The molecule has 432 valence electrons. The molecule has 6 heteroatoms. The number of ether oxygens (including phenoxy) is 3. The van der Waals surface area contributed by atoms with Crippen molar-refractivity contribution in [3.8, 4) is 0 Å². The molecule has 0 rings (SSSR count). The molecule has 0 aromatic rings. The molecule has 0 saturated heterocycles. The standard InChI is InChI=1S/C69H120O6/c1-4-7-10-13-16-19-22-25-28-30-32-33-34-35-37-38-41-44-47-50-53-56-59-62-68(71)74-65-66(64-73-67(70)61-58-55-52-49-46-43-40-27-24-21-18-15-12-9-6-3)75-69(72)63-60-57-54-51-48-45-42-39-36-31-29-26-23-20-17-14-11-8-5-2/h9,12,17-18,20-21,26-27,29-30,32,40,46,49,66H,4-8,10-11,13-16,19,22-25,28,31,33-39,41-45,47-48,50-65H2,1-3H3/b12-9-,20-17-,21-18-,29-26-,32-30-,40-27-,49-46-. The molecule has 0 amide bonds. The number of hydrogen-bond donors (Lipinski definition) is 0. The largest absolute Gasteiger partial charge is 0.462 e. The fourth-order valence-electron chi connectivity index (χ4n) is 9.05. The average molecular weight is 1050 g/mol. The van der Waals surface area contributed by atoms with Gasteiger partial charge in [0.15, 0.2) is 6.10 Å². The maximum Gasteiger partial charge on any atom is 0.306 e. The molecule has 0 aliphatic heterocycles. The number of esters is 3. The van der Waals surface area contributed by atoms with Gasteiger partial charge in [0.25, 0.3) is 0 Å². The molecule has 1 atom stereocenters. The van der Waals surface area contributed by atoms with Crippen LogP contribution in [-0.4, -0.2) is 37.2 Å². The fraction of sp³-hybridized carbons (Fsp3) is 0.754. The minimum absolute atomic E-state index is 0.0907. The van der Waals surface area contributed by atoms with Gasteiger partial charge in [0.05, 0.1) is 0 Å². The molecule has 0 aliphatic rings. The van der Waals surface area contributed by atoms with Crippen molar-refractivity contribution in [3.05, 3.63) is 85.1 Å². The van der Waals surface area contributed by atoms with Gasteiger partial charge in [0, 0.05) is 19.3 Å². The molecule has 0 bridgehead atoms. The molecule has 0 spiro atoms. The molecule has 0 fully saturated rings. The number of unbranched alkanes of at least 4 members (excludes halogenated alkanes) is 33. The first-order chi connectivity index (χ1) is 37.0. The van der Waals surface area contributed by atoms with Crippen LogP contribution in [0.15, 0.2) is 85.1 Å². The van der Waals surface area contributed by atoms with Crippen LogP contribution >= 0.6 is 0 Å². The Balaban J connectivity index is 4.37. The SMILES string of the molecule is CC/C=C\C/C=C\C/C=C\C/C=C\CCCCC(=O)OCC(COC(=O)CCCCCCCCCCCCC/C=C\CCCCCCCCCC)OC(=O)CCCCCCCCCCC/C=C\C/C=C\CCCCC. The van der Waals surface area contributed by atoms with Gasteiger partial charge in [-0.2, -0.15) is 0 Å². The van der Waals surface area contributed by atoms with Crippen molar-refractivity contribution in [1.82, 2.24) is 0 Å². The fourth-order valence-corrected chi connectivity index (χ4v) is 9.05. The summed E-state index contributed by atoms with van der Waals surface area (Å²) in [5.41, 5.74) is 0. The smallest absolute Gasteiger partial charge is 0.306 e. The summed E-state index contributed by atoms with van der Waals surface area (Å²) in [6.07, 6.45) is 83.1. The summed E-state index contributed by atoms with van der Waals surface area (Å²) in [7, 11) is 0. The quantitative estimate of drug-likeness (QED) is 0.0261. The molecule has 0 N–H and O–H groups in total. The van der Waals surface area contributed by atoms with E-state index in [1.165, 1.54) is 186 Å². The third kappa shape index (κ3) is 61.3. The summed E-state index contributed by atoms with van der Waals surface area (Å²) in [5.74, 6) is -0.927. The molecular formula is C69H120O6. The van der Waals surface area contributed by atoms with Crippen molar-refractivity contribution in [2.24, 2.45) is 0 Å². The van der Waals surface area contributed by atoms with Gasteiger partial charge >= 0.3 is 17.9 Å². The Kier molecular flexibility index (Phi) is 60.3. The second kappa shape index (κ2) is 63.1. The van der Waals surface area contributed by atoms with E-state index in [0.717, 1.165) is 89.9 Å². The number of carbonyl (C=O) groups excluding carboxylic acids is 3. The van der Waals surface area contributed by atoms with E-state index in [2.05, 4.69) is 106 Å². The van der Waals surface area contributed by atoms with Gasteiger partial charge in [0.1, 0.15) is 13.2 Å². The molecule has 0 aromatic carbocycles. The lowest BCUT2D eigenvalue weighted by molar-refractivity contribution is -0.167. The van der Waals surface area contributed by atoms with Crippen LogP contribution in [0, 0.1) is 0 Å². The second-order valence-corrected chi connectivity index (χ2v) is 21.3. The first kappa shape index (κ1) is 71.6. The van der Waals surface area contributed by atoms with E-state index in [9.17, 15) is 14.4 Å². The molecule has 0 aliphatic carbocycles. The van der Waals surface area contributed by atoms with Crippen LogP contribution in [0.3, 0.4) is 0 Å².